The Morgan fingerprint density at radius 1 is 1.35 bits per heavy atom. The Bertz CT molecular complexity index is 1230. The van der Waals surface area contributed by atoms with Crippen LogP contribution in [0, 0.1) is 5.41 Å². The zero-order chi connectivity index (χ0) is 24.7. The van der Waals surface area contributed by atoms with E-state index in [1.807, 2.05) is 33.8 Å². The van der Waals surface area contributed by atoms with E-state index < -0.39 is 21.2 Å². The number of anilines is 1. The molecular formula is C21H29N5O5S3. The average Bonchev–Trinajstić information content (AvgIpc) is 3.54. The van der Waals surface area contributed by atoms with Gasteiger partial charge in [-0.3, -0.25) is 0 Å². The fourth-order valence-electron chi connectivity index (χ4n) is 4.12. The molecule has 10 nitrogen and oxygen atoms in total. The van der Waals surface area contributed by atoms with Gasteiger partial charge < -0.3 is 20.2 Å². The Balaban J connectivity index is 1.57. The third kappa shape index (κ3) is 4.79. The molecule has 2 aromatic heterocycles. The van der Waals surface area contributed by atoms with Crippen molar-refractivity contribution in [3.63, 3.8) is 0 Å². The molecule has 2 aliphatic heterocycles. The molecule has 0 bridgehead atoms. The predicted octanol–water partition coefficient (Wildman–Crippen LogP) is 3.79. The molecule has 1 saturated heterocycles. The second-order valence-corrected chi connectivity index (χ2v) is 13.1. The van der Waals surface area contributed by atoms with Crippen molar-refractivity contribution in [1.82, 2.24) is 9.62 Å². The van der Waals surface area contributed by atoms with E-state index in [0.717, 1.165) is 30.6 Å². The lowest BCUT2D eigenvalue weighted by Gasteiger charge is -2.30. The Kier molecular flexibility index (Phi) is 6.91. The molecule has 13 heteroatoms. The van der Waals surface area contributed by atoms with Crippen molar-refractivity contribution in [3.8, 4) is 5.75 Å². The first kappa shape index (κ1) is 24.9. The standard InChI is InChI=1S/C21H29N5O5S3/c1-5-13-8-6-10-26(13)34(29,30)20-16(27)14(12-32-20)22-18-19(25-33(28)24-18)23-17(21(2,3)4)15-9-7-11-31-15/h7,9,11-13,17,27H,5-6,8,10H2,1-4H3,(H,22,24)(H,23,25)/t13?,17-,33?/m0/s1. The van der Waals surface area contributed by atoms with E-state index in [9.17, 15) is 17.7 Å². The lowest BCUT2D eigenvalue weighted by atomic mass is 9.85. The Hall–Kier alpha value is -2.22. The van der Waals surface area contributed by atoms with Gasteiger partial charge in [0.1, 0.15) is 5.76 Å². The van der Waals surface area contributed by atoms with Gasteiger partial charge in [0, 0.05) is 18.0 Å². The molecule has 0 aromatic carbocycles. The van der Waals surface area contributed by atoms with Gasteiger partial charge in [0.2, 0.25) is 0 Å². The third-order valence-electron chi connectivity index (χ3n) is 5.86. The van der Waals surface area contributed by atoms with Crippen LogP contribution < -0.4 is 10.6 Å². The second-order valence-electron chi connectivity index (χ2n) is 9.30. The van der Waals surface area contributed by atoms with Crippen LogP contribution in [0.5, 0.6) is 5.75 Å². The summed E-state index contributed by atoms with van der Waals surface area (Å²) in [5.41, 5.74) is -0.124. The molecule has 186 valence electrons. The minimum atomic E-state index is -3.83. The van der Waals surface area contributed by atoms with Crippen molar-refractivity contribution < 1.29 is 22.2 Å². The molecule has 1 fully saturated rings. The summed E-state index contributed by atoms with van der Waals surface area (Å²) in [6, 6.07) is 3.25. The maximum atomic E-state index is 13.2. The van der Waals surface area contributed by atoms with Crippen molar-refractivity contribution in [3.05, 3.63) is 29.5 Å². The quantitative estimate of drug-likeness (QED) is 0.520. The van der Waals surface area contributed by atoms with Crippen LogP contribution in [-0.2, 0) is 21.2 Å². The first-order valence-electron chi connectivity index (χ1n) is 11.0. The number of amidine groups is 2. The zero-order valence-corrected chi connectivity index (χ0v) is 21.9. The average molecular weight is 528 g/mol. The highest BCUT2D eigenvalue weighted by Gasteiger charge is 2.38. The second kappa shape index (κ2) is 9.44. The van der Waals surface area contributed by atoms with Crippen molar-refractivity contribution >= 4 is 49.9 Å². The van der Waals surface area contributed by atoms with Gasteiger partial charge in [-0.2, -0.15) is 4.31 Å². The van der Waals surface area contributed by atoms with Crippen molar-refractivity contribution in [2.75, 3.05) is 11.9 Å². The summed E-state index contributed by atoms with van der Waals surface area (Å²) in [6.07, 6.45) is 3.90. The Morgan fingerprint density at radius 3 is 2.74 bits per heavy atom. The number of hydrogen-bond acceptors (Lipinski definition) is 8. The minimum Gasteiger partial charge on any atom is -0.504 e. The number of hydrogen-bond donors (Lipinski definition) is 3. The van der Waals surface area contributed by atoms with E-state index in [4.69, 9.17) is 4.42 Å². The fourth-order valence-corrected chi connectivity index (χ4v) is 7.86. The van der Waals surface area contributed by atoms with Crippen molar-refractivity contribution in [2.24, 2.45) is 14.2 Å². The molecule has 0 spiro atoms. The molecule has 2 unspecified atom stereocenters. The SMILES string of the molecule is CCC1CCCN1S(=O)(=O)c1scc(NC2=NS(=O)N=C2N[C@@H](c2ccco2)C(C)(C)C)c1O. The van der Waals surface area contributed by atoms with Crippen LogP contribution in [0.4, 0.5) is 5.69 Å². The maximum Gasteiger partial charge on any atom is 0.269 e. The van der Waals surface area contributed by atoms with Crippen LogP contribution in [-0.4, -0.2) is 46.3 Å². The van der Waals surface area contributed by atoms with Crippen LogP contribution in [0.25, 0.3) is 0 Å². The number of furan rings is 1. The summed E-state index contributed by atoms with van der Waals surface area (Å²) in [5, 5.41) is 18.5. The van der Waals surface area contributed by atoms with E-state index in [-0.39, 0.29) is 44.8 Å². The molecule has 0 radical (unpaired) electrons. The highest BCUT2D eigenvalue weighted by molar-refractivity contribution is 7.91. The summed E-state index contributed by atoms with van der Waals surface area (Å²) in [5.74, 6) is 0.666. The first-order chi connectivity index (χ1) is 16.0. The smallest absolute Gasteiger partial charge is 0.269 e. The molecule has 0 saturated carbocycles. The molecule has 34 heavy (non-hydrogen) atoms. The highest BCUT2D eigenvalue weighted by atomic mass is 32.2. The largest absolute Gasteiger partial charge is 0.504 e. The normalized spacial score (nSPS) is 22.5. The van der Waals surface area contributed by atoms with Gasteiger partial charge in [-0.25, -0.2) is 12.6 Å². The van der Waals surface area contributed by atoms with E-state index in [2.05, 4.69) is 19.4 Å². The Labute approximate surface area is 206 Å². The number of rotatable bonds is 6. The number of thiophene rings is 1. The number of nitrogens with zero attached hydrogens (tertiary/aromatic N) is 3. The van der Waals surface area contributed by atoms with Crippen LogP contribution in [0.1, 0.15) is 58.8 Å². The molecule has 0 amide bonds. The van der Waals surface area contributed by atoms with Gasteiger partial charge >= 0.3 is 0 Å². The summed E-state index contributed by atoms with van der Waals surface area (Å²) < 4.78 is 53.5. The number of nitrogens with one attached hydrogen (secondary N) is 2. The van der Waals surface area contributed by atoms with Crippen LogP contribution in [0.3, 0.4) is 0 Å². The predicted molar refractivity (Wildman–Crippen MR) is 134 cm³/mol. The molecule has 2 aliphatic rings. The van der Waals surface area contributed by atoms with Gasteiger partial charge in [-0.15, -0.1) is 20.1 Å². The number of aromatic hydroxyl groups is 1. The molecule has 0 aliphatic carbocycles. The van der Waals surface area contributed by atoms with Gasteiger partial charge in [-0.1, -0.05) is 27.7 Å². The summed E-state index contributed by atoms with van der Waals surface area (Å²) in [7, 11) is -3.83. The molecule has 4 rings (SSSR count). The molecule has 4 heterocycles. The van der Waals surface area contributed by atoms with E-state index in [0.29, 0.717) is 12.3 Å². The van der Waals surface area contributed by atoms with E-state index >= 15 is 0 Å². The van der Waals surface area contributed by atoms with E-state index in [1.54, 1.807) is 12.3 Å². The topological polar surface area (TPSA) is 137 Å². The van der Waals surface area contributed by atoms with Gasteiger partial charge in [0.15, 0.2) is 21.6 Å². The number of sulfonamides is 1. The third-order valence-corrected chi connectivity index (χ3v) is 9.98. The summed E-state index contributed by atoms with van der Waals surface area (Å²) in [6.45, 7) is 8.46. The molecule has 3 N–H and O–H groups in total. The zero-order valence-electron chi connectivity index (χ0n) is 19.4. The summed E-state index contributed by atoms with van der Waals surface area (Å²) >= 11 is -0.920. The molecule has 2 aromatic rings. The first-order valence-corrected chi connectivity index (χ1v) is 14.4. The highest BCUT2D eigenvalue weighted by Crippen LogP contribution is 2.41. The van der Waals surface area contributed by atoms with Crippen LogP contribution in [0.15, 0.2) is 41.2 Å². The lowest BCUT2D eigenvalue weighted by molar-refractivity contribution is 0.264. The monoisotopic (exact) mass is 527 g/mol. The van der Waals surface area contributed by atoms with Gasteiger partial charge in [-0.05, 0) is 36.8 Å². The van der Waals surface area contributed by atoms with E-state index in [1.165, 1.54) is 9.69 Å². The van der Waals surface area contributed by atoms with Gasteiger partial charge in [0.25, 0.3) is 21.2 Å². The molecular weight excluding hydrogens is 498 g/mol. The van der Waals surface area contributed by atoms with Crippen LogP contribution in [0.2, 0.25) is 0 Å². The van der Waals surface area contributed by atoms with Crippen LogP contribution >= 0.6 is 11.3 Å². The minimum absolute atomic E-state index is 0.0663. The lowest BCUT2D eigenvalue weighted by Crippen LogP contribution is -2.41. The molecule has 3 atom stereocenters. The Morgan fingerprint density at radius 2 is 2.09 bits per heavy atom. The fraction of sp³-hybridized carbons (Fsp3) is 0.524. The maximum absolute atomic E-state index is 13.2. The summed E-state index contributed by atoms with van der Waals surface area (Å²) in [4.78, 5) is 0. The van der Waals surface area contributed by atoms with Gasteiger partial charge in [0.05, 0.1) is 18.0 Å². The van der Waals surface area contributed by atoms with Crippen molar-refractivity contribution in [2.45, 2.75) is 63.3 Å². The van der Waals surface area contributed by atoms with Crippen molar-refractivity contribution in [1.29, 1.82) is 0 Å².